The lowest BCUT2D eigenvalue weighted by atomic mass is 9.47. The van der Waals surface area contributed by atoms with Gasteiger partial charge in [0, 0.05) is 31.2 Å². The van der Waals surface area contributed by atoms with Crippen molar-refractivity contribution >= 4 is 5.97 Å². The second-order valence-corrected chi connectivity index (χ2v) is 6.49. The van der Waals surface area contributed by atoms with Crippen LogP contribution in [0.2, 0.25) is 0 Å². The molecule has 1 aromatic heterocycles. The molecule has 5 nitrogen and oxygen atoms in total. The molecule has 0 aromatic carbocycles. The van der Waals surface area contributed by atoms with Gasteiger partial charge in [-0.05, 0) is 25.3 Å². The van der Waals surface area contributed by atoms with Gasteiger partial charge in [0.25, 0.3) is 0 Å². The number of nitrogens with zero attached hydrogens (tertiary/aromatic N) is 2. The van der Waals surface area contributed by atoms with E-state index in [1.807, 2.05) is 0 Å². The summed E-state index contributed by atoms with van der Waals surface area (Å²) in [6.45, 7) is 0.786. The van der Waals surface area contributed by atoms with E-state index < -0.39 is 0 Å². The molecule has 1 spiro atoms. The highest BCUT2D eigenvalue weighted by molar-refractivity contribution is 5.88. The Bertz CT molecular complexity index is 638. The minimum atomic E-state index is -0.319. The maximum atomic E-state index is 12.4. The minimum Gasteiger partial charge on any atom is -0.457 e. The number of carbonyl (C=O) groups is 1. The van der Waals surface area contributed by atoms with Gasteiger partial charge in [-0.2, -0.15) is 5.26 Å². The molecule has 1 aromatic rings. The quantitative estimate of drug-likeness (QED) is 0.780. The summed E-state index contributed by atoms with van der Waals surface area (Å²) in [7, 11) is 1.76. The molecule has 1 aliphatic heterocycles. The summed E-state index contributed by atoms with van der Waals surface area (Å²) >= 11 is 0. The van der Waals surface area contributed by atoms with Gasteiger partial charge in [0.2, 0.25) is 0 Å². The van der Waals surface area contributed by atoms with Crippen molar-refractivity contribution < 1.29 is 14.3 Å². The first kappa shape index (κ1) is 12.9. The van der Waals surface area contributed by atoms with Crippen LogP contribution in [0.4, 0.5) is 0 Å². The van der Waals surface area contributed by atoms with Crippen LogP contribution in [0.5, 0.6) is 0 Å². The number of aryl methyl sites for hydroxylation is 1. The van der Waals surface area contributed by atoms with Gasteiger partial charge in [0.1, 0.15) is 17.9 Å². The molecule has 1 saturated heterocycles. The Morgan fingerprint density at radius 1 is 1.57 bits per heavy atom. The number of carbonyl (C=O) groups excluding carboxylic acids is 1. The summed E-state index contributed by atoms with van der Waals surface area (Å²) in [5.41, 5.74) is 1.02. The second kappa shape index (κ2) is 4.35. The van der Waals surface area contributed by atoms with Gasteiger partial charge in [-0.3, -0.25) is 0 Å². The Labute approximate surface area is 123 Å². The Balaban J connectivity index is 1.54. The van der Waals surface area contributed by atoms with Crippen molar-refractivity contribution in [3.8, 4) is 6.07 Å². The summed E-state index contributed by atoms with van der Waals surface area (Å²) in [6.07, 6.45) is 6.33. The lowest BCUT2D eigenvalue weighted by Gasteiger charge is -2.61. The van der Waals surface area contributed by atoms with Crippen molar-refractivity contribution in [2.45, 2.75) is 37.9 Å². The number of rotatable bonds is 2. The summed E-state index contributed by atoms with van der Waals surface area (Å²) in [4.78, 5) is 12.4. The third-order valence-electron chi connectivity index (χ3n) is 5.52. The molecule has 21 heavy (non-hydrogen) atoms. The van der Waals surface area contributed by atoms with Gasteiger partial charge in [-0.25, -0.2) is 4.79 Å². The van der Waals surface area contributed by atoms with E-state index in [0.717, 1.165) is 25.9 Å². The molecule has 4 rings (SSSR count). The molecule has 3 aliphatic rings. The number of esters is 1. The van der Waals surface area contributed by atoms with Gasteiger partial charge in [-0.15, -0.1) is 0 Å². The van der Waals surface area contributed by atoms with Crippen LogP contribution in [0, 0.1) is 22.7 Å². The number of ether oxygens (including phenoxy) is 2. The van der Waals surface area contributed by atoms with Gasteiger partial charge >= 0.3 is 5.97 Å². The number of nitriles is 1. The monoisotopic (exact) mass is 286 g/mol. The highest BCUT2D eigenvalue weighted by atomic mass is 16.6. The lowest BCUT2D eigenvalue weighted by Crippen LogP contribution is -2.67. The van der Waals surface area contributed by atoms with E-state index in [-0.39, 0.29) is 17.5 Å². The number of aromatic nitrogens is 1. The van der Waals surface area contributed by atoms with Crippen LogP contribution in [-0.2, 0) is 16.5 Å². The molecular formula is C16H18N2O3. The standard InChI is InChI=1S/C16H18N2O3/c1-18-9-10(8-17)7-12(18)15(19)21-14-11-3-6-20-13(11)16(14)4-2-5-16/h7,9,11,13-14H,2-6H2,1H3/t11-,13+,14+/m0/s1. The van der Waals surface area contributed by atoms with Crippen LogP contribution in [-0.4, -0.2) is 29.4 Å². The van der Waals surface area contributed by atoms with Gasteiger partial charge in [-0.1, -0.05) is 6.42 Å². The Kier molecular flexibility index (Phi) is 2.67. The summed E-state index contributed by atoms with van der Waals surface area (Å²) < 4.78 is 13.3. The zero-order valence-electron chi connectivity index (χ0n) is 12.0. The largest absolute Gasteiger partial charge is 0.457 e. The molecule has 0 N–H and O–H groups in total. The molecule has 2 aliphatic carbocycles. The predicted octanol–water partition coefficient (Wildman–Crippen LogP) is 2.01. The Morgan fingerprint density at radius 3 is 3.00 bits per heavy atom. The fraction of sp³-hybridized carbons (Fsp3) is 0.625. The molecule has 0 amide bonds. The van der Waals surface area contributed by atoms with Crippen LogP contribution < -0.4 is 0 Å². The first-order valence-electron chi connectivity index (χ1n) is 7.55. The summed E-state index contributed by atoms with van der Waals surface area (Å²) in [6, 6.07) is 3.65. The third kappa shape index (κ3) is 1.63. The predicted molar refractivity (Wildman–Crippen MR) is 73.5 cm³/mol. The molecular weight excluding hydrogens is 268 g/mol. The van der Waals surface area contributed by atoms with Crippen molar-refractivity contribution in [3.05, 3.63) is 23.5 Å². The molecule has 0 unspecified atom stereocenters. The molecule has 5 heteroatoms. The third-order valence-corrected chi connectivity index (χ3v) is 5.52. The lowest BCUT2D eigenvalue weighted by molar-refractivity contribution is -0.234. The molecule has 2 saturated carbocycles. The zero-order chi connectivity index (χ0) is 14.6. The van der Waals surface area contributed by atoms with Crippen LogP contribution in [0.25, 0.3) is 0 Å². The van der Waals surface area contributed by atoms with Crippen LogP contribution in [0.1, 0.15) is 41.7 Å². The van der Waals surface area contributed by atoms with E-state index in [4.69, 9.17) is 14.7 Å². The van der Waals surface area contributed by atoms with Crippen molar-refractivity contribution in [3.63, 3.8) is 0 Å². The van der Waals surface area contributed by atoms with E-state index in [9.17, 15) is 4.79 Å². The average Bonchev–Trinajstić information content (AvgIpc) is 2.99. The average molecular weight is 286 g/mol. The van der Waals surface area contributed by atoms with E-state index in [2.05, 4.69) is 6.07 Å². The van der Waals surface area contributed by atoms with Crippen molar-refractivity contribution in [2.75, 3.05) is 6.61 Å². The smallest absolute Gasteiger partial charge is 0.355 e. The zero-order valence-corrected chi connectivity index (χ0v) is 12.0. The summed E-state index contributed by atoms with van der Waals surface area (Å²) in [5, 5.41) is 8.92. The molecule has 0 radical (unpaired) electrons. The molecule has 0 bridgehead atoms. The van der Waals surface area contributed by atoms with Crippen LogP contribution in [0.3, 0.4) is 0 Å². The minimum absolute atomic E-state index is 0.00770. The first-order valence-corrected chi connectivity index (χ1v) is 7.55. The molecule has 2 heterocycles. The van der Waals surface area contributed by atoms with Crippen LogP contribution in [0.15, 0.2) is 12.3 Å². The topological polar surface area (TPSA) is 64.2 Å². The van der Waals surface area contributed by atoms with E-state index in [1.54, 1.807) is 23.9 Å². The molecule has 110 valence electrons. The Morgan fingerprint density at radius 2 is 2.38 bits per heavy atom. The fourth-order valence-corrected chi connectivity index (χ4v) is 4.34. The normalized spacial score (nSPS) is 31.9. The maximum absolute atomic E-state index is 12.4. The maximum Gasteiger partial charge on any atom is 0.355 e. The van der Waals surface area contributed by atoms with Crippen molar-refractivity contribution in [1.29, 1.82) is 5.26 Å². The molecule has 3 atom stereocenters. The van der Waals surface area contributed by atoms with Crippen molar-refractivity contribution in [2.24, 2.45) is 18.4 Å². The SMILES string of the molecule is Cn1cc(C#N)cc1C(=O)O[C@@H]1[C@H]2CCO[C@H]2C12CCC2. The number of hydrogen-bond acceptors (Lipinski definition) is 4. The number of hydrogen-bond donors (Lipinski definition) is 0. The van der Waals surface area contributed by atoms with Gasteiger partial charge < -0.3 is 14.0 Å². The van der Waals surface area contributed by atoms with Gasteiger partial charge in [0.05, 0.1) is 11.7 Å². The second-order valence-electron chi connectivity index (χ2n) is 6.49. The number of fused-ring (bicyclic) bond motifs is 2. The highest BCUT2D eigenvalue weighted by Gasteiger charge is 2.68. The van der Waals surface area contributed by atoms with E-state index in [1.165, 1.54) is 6.42 Å². The summed E-state index contributed by atoms with van der Waals surface area (Å²) in [5.74, 6) is 0.0468. The van der Waals surface area contributed by atoms with Gasteiger partial charge in [0.15, 0.2) is 0 Å². The van der Waals surface area contributed by atoms with E-state index >= 15 is 0 Å². The van der Waals surface area contributed by atoms with Crippen LogP contribution >= 0.6 is 0 Å². The van der Waals surface area contributed by atoms with E-state index in [0.29, 0.717) is 23.3 Å². The first-order chi connectivity index (χ1) is 10.2. The van der Waals surface area contributed by atoms with Crippen molar-refractivity contribution in [1.82, 2.24) is 4.57 Å². The fourth-order valence-electron chi connectivity index (χ4n) is 4.34. The Hall–Kier alpha value is -1.80. The highest BCUT2D eigenvalue weighted by Crippen LogP contribution is 2.64. The molecule has 3 fully saturated rings.